The standard InChI is InChI=1S/C23H23N3.Ir/c1-4-17-11-10-16-21(24-17)23(2,3)22-25-19-14-8-9-15-20(19)26(22)18-12-6-5-7-13-18;/h5-16H,4H2,1-3H3;. The number of aromatic nitrogens is 3. The summed E-state index contributed by atoms with van der Waals surface area (Å²) in [5, 5.41) is 0. The van der Waals surface area contributed by atoms with Crippen molar-refractivity contribution in [1.29, 1.82) is 0 Å². The van der Waals surface area contributed by atoms with Gasteiger partial charge in [-0.2, -0.15) is 0 Å². The Morgan fingerprint density at radius 1 is 0.815 bits per heavy atom. The Balaban J connectivity index is 0.00000210. The van der Waals surface area contributed by atoms with Crippen molar-refractivity contribution in [3.63, 3.8) is 0 Å². The molecule has 2 heterocycles. The summed E-state index contributed by atoms with van der Waals surface area (Å²) in [5.74, 6) is 1.01. The van der Waals surface area contributed by atoms with Gasteiger partial charge in [0.2, 0.25) is 0 Å². The van der Waals surface area contributed by atoms with E-state index < -0.39 is 0 Å². The zero-order chi connectivity index (χ0) is 18.1. The molecular formula is C23H23IrN3. The van der Waals surface area contributed by atoms with Gasteiger partial charge in [0, 0.05) is 31.5 Å². The van der Waals surface area contributed by atoms with Crippen LogP contribution in [0.2, 0.25) is 0 Å². The van der Waals surface area contributed by atoms with E-state index in [0.717, 1.165) is 40.4 Å². The molecule has 1 radical (unpaired) electrons. The Bertz CT molecular complexity index is 1050. The van der Waals surface area contributed by atoms with E-state index in [9.17, 15) is 0 Å². The number of para-hydroxylation sites is 3. The maximum Gasteiger partial charge on any atom is 0.126 e. The van der Waals surface area contributed by atoms with E-state index in [1.165, 1.54) is 0 Å². The number of imidazole rings is 1. The molecule has 0 bridgehead atoms. The molecule has 0 atom stereocenters. The molecule has 4 heteroatoms. The van der Waals surface area contributed by atoms with Gasteiger partial charge in [0.1, 0.15) is 5.82 Å². The van der Waals surface area contributed by atoms with E-state index in [2.05, 4.69) is 86.0 Å². The third-order valence-corrected chi connectivity index (χ3v) is 4.94. The van der Waals surface area contributed by atoms with Gasteiger partial charge in [-0.15, -0.1) is 0 Å². The molecule has 4 aromatic rings. The summed E-state index contributed by atoms with van der Waals surface area (Å²) < 4.78 is 2.26. The van der Waals surface area contributed by atoms with Gasteiger partial charge >= 0.3 is 0 Å². The van der Waals surface area contributed by atoms with Gasteiger partial charge in [0.05, 0.1) is 22.1 Å². The maximum absolute atomic E-state index is 5.02. The van der Waals surface area contributed by atoms with E-state index in [4.69, 9.17) is 9.97 Å². The van der Waals surface area contributed by atoms with Crippen molar-refractivity contribution in [3.05, 3.63) is 90.0 Å². The van der Waals surface area contributed by atoms with Crippen LogP contribution in [0.3, 0.4) is 0 Å². The zero-order valence-electron chi connectivity index (χ0n) is 15.8. The quantitative estimate of drug-likeness (QED) is 0.356. The smallest absolute Gasteiger partial charge is 0.126 e. The third-order valence-electron chi connectivity index (χ3n) is 4.94. The van der Waals surface area contributed by atoms with Crippen LogP contribution in [0, 0.1) is 0 Å². The summed E-state index contributed by atoms with van der Waals surface area (Å²) in [6.45, 7) is 6.54. The van der Waals surface area contributed by atoms with Gasteiger partial charge in [-0.05, 0) is 56.7 Å². The molecule has 0 unspecified atom stereocenters. The van der Waals surface area contributed by atoms with Gasteiger partial charge in [0.25, 0.3) is 0 Å². The largest absolute Gasteiger partial charge is 0.296 e. The summed E-state index contributed by atoms with van der Waals surface area (Å²) in [4.78, 5) is 9.91. The second kappa shape index (κ2) is 7.75. The Hall–Kier alpha value is -2.29. The average molecular weight is 534 g/mol. The second-order valence-electron chi connectivity index (χ2n) is 7.09. The van der Waals surface area contributed by atoms with Crippen molar-refractivity contribution in [2.45, 2.75) is 32.6 Å². The Labute approximate surface area is 173 Å². The molecular weight excluding hydrogens is 510 g/mol. The summed E-state index contributed by atoms with van der Waals surface area (Å²) in [6.07, 6.45) is 0.930. The van der Waals surface area contributed by atoms with E-state index in [-0.39, 0.29) is 25.5 Å². The van der Waals surface area contributed by atoms with Gasteiger partial charge in [-0.25, -0.2) is 4.98 Å². The topological polar surface area (TPSA) is 30.7 Å². The summed E-state index contributed by atoms with van der Waals surface area (Å²) in [6, 6.07) is 25.0. The molecule has 27 heavy (non-hydrogen) atoms. The molecule has 139 valence electrons. The summed E-state index contributed by atoms with van der Waals surface area (Å²) in [7, 11) is 0. The molecule has 3 nitrogen and oxygen atoms in total. The SMILES string of the molecule is CCc1cccc(C(C)(C)c2nc3ccccc3n2-c2ccccc2)n1.[Ir]. The Kier molecular flexibility index (Phi) is 5.59. The van der Waals surface area contributed by atoms with Crippen molar-refractivity contribution in [2.75, 3.05) is 0 Å². The van der Waals surface area contributed by atoms with Crippen LogP contribution in [0.4, 0.5) is 0 Å². The number of aryl methyl sites for hydroxylation is 1. The van der Waals surface area contributed by atoms with Crippen LogP contribution in [0.15, 0.2) is 72.8 Å². The normalized spacial score (nSPS) is 11.4. The molecule has 0 aliphatic rings. The van der Waals surface area contributed by atoms with Gasteiger partial charge in [-0.3, -0.25) is 9.55 Å². The maximum atomic E-state index is 5.02. The molecule has 0 aliphatic heterocycles. The fourth-order valence-electron chi connectivity index (χ4n) is 3.42. The zero-order valence-corrected chi connectivity index (χ0v) is 18.2. The minimum absolute atomic E-state index is 0. The first-order chi connectivity index (χ1) is 12.6. The monoisotopic (exact) mass is 534 g/mol. The molecule has 0 fully saturated rings. The molecule has 0 N–H and O–H groups in total. The van der Waals surface area contributed by atoms with Crippen molar-refractivity contribution in [2.24, 2.45) is 0 Å². The fraction of sp³-hybridized carbons (Fsp3) is 0.217. The van der Waals surface area contributed by atoms with Crippen LogP contribution < -0.4 is 0 Å². The molecule has 2 aromatic carbocycles. The van der Waals surface area contributed by atoms with E-state index >= 15 is 0 Å². The Morgan fingerprint density at radius 3 is 2.26 bits per heavy atom. The molecule has 4 rings (SSSR count). The van der Waals surface area contributed by atoms with Crippen LogP contribution in [0.1, 0.15) is 38.0 Å². The van der Waals surface area contributed by atoms with E-state index in [0.29, 0.717) is 0 Å². The molecule has 2 aromatic heterocycles. The predicted molar refractivity (Wildman–Crippen MR) is 107 cm³/mol. The minimum Gasteiger partial charge on any atom is -0.296 e. The van der Waals surface area contributed by atoms with Crippen molar-refractivity contribution < 1.29 is 20.1 Å². The molecule has 0 saturated heterocycles. The first-order valence-corrected chi connectivity index (χ1v) is 9.11. The summed E-state index contributed by atoms with van der Waals surface area (Å²) in [5.41, 5.74) is 5.08. The van der Waals surface area contributed by atoms with Crippen molar-refractivity contribution >= 4 is 11.0 Å². The first-order valence-electron chi connectivity index (χ1n) is 9.11. The van der Waals surface area contributed by atoms with E-state index in [1.54, 1.807) is 0 Å². The van der Waals surface area contributed by atoms with Gasteiger partial charge in [0.15, 0.2) is 0 Å². The van der Waals surface area contributed by atoms with Gasteiger partial charge < -0.3 is 0 Å². The van der Waals surface area contributed by atoms with Crippen LogP contribution in [0.5, 0.6) is 0 Å². The number of hydrogen-bond donors (Lipinski definition) is 0. The van der Waals surface area contributed by atoms with Gasteiger partial charge in [-0.1, -0.05) is 43.3 Å². The average Bonchev–Trinajstić information content (AvgIpc) is 3.09. The minimum atomic E-state index is -0.319. The number of hydrogen-bond acceptors (Lipinski definition) is 2. The van der Waals surface area contributed by atoms with Crippen LogP contribution in [-0.4, -0.2) is 14.5 Å². The van der Waals surface area contributed by atoms with Crippen LogP contribution >= 0.6 is 0 Å². The summed E-state index contributed by atoms with van der Waals surface area (Å²) >= 11 is 0. The number of fused-ring (bicyclic) bond motifs is 1. The van der Waals surface area contributed by atoms with E-state index in [1.807, 2.05) is 12.1 Å². The number of rotatable bonds is 4. The second-order valence-corrected chi connectivity index (χ2v) is 7.09. The molecule has 0 spiro atoms. The Morgan fingerprint density at radius 2 is 1.52 bits per heavy atom. The number of nitrogens with zero attached hydrogens (tertiary/aromatic N) is 3. The predicted octanol–water partition coefficient (Wildman–Crippen LogP) is 5.31. The van der Waals surface area contributed by atoms with Crippen molar-refractivity contribution in [3.8, 4) is 5.69 Å². The molecule has 0 amide bonds. The van der Waals surface area contributed by atoms with Crippen molar-refractivity contribution in [1.82, 2.24) is 14.5 Å². The van der Waals surface area contributed by atoms with Crippen LogP contribution in [-0.2, 0) is 31.9 Å². The number of pyridine rings is 1. The van der Waals surface area contributed by atoms with Crippen LogP contribution in [0.25, 0.3) is 16.7 Å². The third kappa shape index (κ3) is 3.47. The first kappa shape index (κ1) is 19.5. The number of benzene rings is 2. The molecule has 0 aliphatic carbocycles. The molecule has 0 saturated carbocycles. The fourth-order valence-corrected chi connectivity index (χ4v) is 3.42.